The first kappa shape index (κ1) is 15.4. The van der Waals surface area contributed by atoms with E-state index in [1.807, 2.05) is 6.07 Å². The number of rotatable bonds is 2. The Balaban J connectivity index is 1.76. The Hall–Kier alpha value is -0.450. The molecule has 2 aliphatic rings. The third-order valence-corrected chi connectivity index (χ3v) is 5.90. The molecule has 4 heteroatoms. The van der Waals surface area contributed by atoms with Crippen LogP contribution in [0.3, 0.4) is 0 Å². The first-order chi connectivity index (χ1) is 10.1. The van der Waals surface area contributed by atoms with Crippen molar-refractivity contribution in [2.24, 2.45) is 5.41 Å². The summed E-state index contributed by atoms with van der Waals surface area (Å²) < 4.78 is 14.2. The van der Waals surface area contributed by atoms with E-state index in [9.17, 15) is 4.39 Å². The number of nitrogens with zero attached hydrogens (tertiary/aromatic N) is 1. The maximum absolute atomic E-state index is 13.3. The van der Waals surface area contributed by atoms with Crippen LogP contribution in [0, 0.1) is 11.2 Å². The maximum Gasteiger partial charge on any atom is 0.124 e. The summed E-state index contributed by atoms with van der Waals surface area (Å²) >= 11 is 3.52. The van der Waals surface area contributed by atoms with Gasteiger partial charge in [-0.1, -0.05) is 22.0 Å². The van der Waals surface area contributed by atoms with Crippen LogP contribution in [0.4, 0.5) is 4.39 Å². The second-order valence-electron chi connectivity index (χ2n) is 6.70. The summed E-state index contributed by atoms with van der Waals surface area (Å²) in [5, 5.41) is 3.58. The second kappa shape index (κ2) is 6.35. The maximum atomic E-state index is 13.3. The molecule has 2 unspecified atom stereocenters. The van der Waals surface area contributed by atoms with Crippen LogP contribution in [-0.2, 0) is 0 Å². The topological polar surface area (TPSA) is 15.3 Å². The molecule has 0 amide bonds. The van der Waals surface area contributed by atoms with Crippen molar-refractivity contribution >= 4 is 15.9 Å². The Bertz CT molecular complexity index is 494. The fraction of sp³-hybridized carbons (Fsp3) is 0.647. The number of hydrogen-bond donors (Lipinski definition) is 1. The van der Waals surface area contributed by atoms with Crippen molar-refractivity contribution < 1.29 is 4.39 Å². The van der Waals surface area contributed by atoms with E-state index in [1.165, 1.54) is 37.8 Å². The third kappa shape index (κ3) is 3.33. The highest BCUT2D eigenvalue weighted by Crippen LogP contribution is 2.39. The molecular formula is C17H24BrFN2. The number of benzene rings is 1. The van der Waals surface area contributed by atoms with Crippen molar-refractivity contribution in [1.29, 1.82) is 0 Å². The van der Waals surface area contributed by atoms with Gasteiger partial charge in [0.25, 0.3) is 0 Å². The monoisotopic (exact) mass is 354 g/mol. The summed E-state index contributed by atoms with van der Waals surface area (Å²) in [5.74, 6) is -0.176. The van der Waals surface area contributed by atoms with Gasteiger partial charge in [-0.05, 0) is 68.8 Å². The van der Waals surface area contributed by atoms with Crippen molar-refractivity contribution in [3.63, 3.8) is 0 Å². The zero-order valence-corrected chi connectivity index (χ0v) is 14.3. The minimum Gasteiger partial charge on any atom is -0.316 e. The molecule has 1 aromatic carbocycles. The van der Waals surface area contributed by atoms with Gasteiger partial charge in [-0.3, -0.25) is 4.90 Å². The lowest BCUT2D eigenvalue weighted by Gasteiger charge is -2.47. The van der Waals surface area contributed by atoms with Crippen molar-refractivity contribution in [3.05, 3.63) is 34.1 Å². The first-order valence-corrected chi connectivity index (χ1v) is 8.79. The van der Waals surface area contributed by atoms with Crippen molar-refractivity contribution in [1.82, 2.24) is 10.2 Å². The molecule has 2 aliphatic heterocycles. The molecule has 0 bridgehead atoms. The third-order valence-electron chi connectivity index (χ3n) is 5.21. The Morgan fingerprint density at radius 2 is 2.14 bits per heavy atom. The lowest BCUT2D eigenvalue weighted by molar-refractivity contribution is 0.0414. The van der Waals surface area contributed by atoms with Gasteiger partial charge in [0.2, 0.25) is 0 Å². The molecule has 2 fully saturated rings. The Kier molecular flexibility index (Phi) is 4.67. The largest absolute Gasteiger partial charge is 0.316 e. The predicted molar refractivity (Wildman–Crippen MR) is 87.9 cm³/mol. The number of halogens is 2. The summed E-state index contributed by atoms with van der Waals surface area (Å²) in [6, 6.07) is 5.40. The molecule has 0 aliphatic carbocycles. The molecule has 2 saturated heterocycles. The number of hydrogen-bond acceptors (Lipinski definition) is 2. The van der Waals surface area contributed by atoms with Gasteiger partial charge in [0, 0.05) is 23.6 Å². The molecule has 0 aromatic heterocycles. The Morgan fingerprint density at radius 1 is 1.33 bits per heavy atom. The van der Waals surface area contributed by atoms with Crippen LogP contribution >= 0.6 is 15.9 Å². The van der Waals surface area contributed by atoms with E-state index in [1.54, 1.807) is 12.1 Å². The molecule has 2 heterocycles. The van der Waals surface area contributed by atoms with Crippen LogP contribution in [0.15, 0.2) is 22.7 Å². The van der Waals surface area contributed by atoms with Crippen LogP contribution in [0.1, 0.15) is 44.2 Å². The van der Waals surface area contributed by atoms with E-state index >= 15 is 0 Å². The summed E-state index contributed by atoms with van der Waals surface area (Å²) in [6.45, 7) is 6.87. The zero-order chi connectivity index (χ0) is 14.9. The molecule has 21 heavy (non-hydrogen) atoms. The van der Waals surface area contributed by atoms with Gasteiger partial charge < -0.3 is 5.32 Å². The molecule has 2 nitrogen and oxygen atoms in total. The van der Waals surface area contributed by atoms with E-state index < -0.39 is 0 Å². The molecule has 0 radical (unpaired) electrons. The van der Waals surface area contributed by atoms with Gasteiger partial charge in [-0.2, -0.15) is 0 Å². The van der Waals surface area contributed by atoms with Crippen LogP contribution < -0.4 is 5.32 Å². The van der Waals surface area contributed by atoms with Crippen molar-refractivity contribution in [2.75, 3.05) is 26.2 Å². The predicted octanol–water partition coefficient (Wildman–Crippen LogP) is 4.11. The van der Waals surface area contributed by atoms with Crippen molar-refractivity contribution in [2.45, 2.75) is 38.6 Å². The zero-order valence-electron chi connectivity index (χ0n) is 12.7. The summed E-state index contributed by atoms with van der Waals surface area (Å²) in [7, 11) is 0. The second-order valence-corrected chi connectivity index (χ2v) is 7.55. The number of nitrogens with one attached hydrogen (secondary N) is 1. The minimum absolute atomic E-state index is 0.176. The average molecular weight is 355 g/mol. The summed E-state index contributed by atoms with van der Waals surface area (Å²) in [4.78, 5) is 2.58. The first-order valence-electron chi connectivity index (χ1n) is 7.99. The van der Waals surface area contributed by atoms with Gasteiger partial charge in [0.1, 0.15) is 5.82 Å². The SMILES string of the molecule is CC(c1ccc(F)cc1Br)N1CCCC2(CCCNC2)C1. The van der Waals surface area contributed by atoms with Crippen LogP contribution in [-0.4, -0.2) is 31.1 Å². The van der Waals surface area contributed by atoms with Crippen LogP contribution in [0.2, 0.25) is 0 Å². The molecule has 1 N–H and O–H groups in total. The minimum atomic E-state index is -0.176. The van der Waals surface area contributed by atoms with Gasteiger partial charge in [0.15, 0.2) is 0 Å². The Morgan fingerprint density at radius 3 is 2.86 bits per heavy atom. The van der Waals surface area contributed by atoms with Gasteiger partial charge >= 0.3 is 0 Å². The van der Waals surface area contributed by atoms with E-state index in [2.05, 4.69) is 33.1 Å². The van der Waals surface area contributed by atoms with Crippen LogP contribution in [0.25, 0.3) is 0 Å². The molecule has 2 atom stereocenters. The highest BCUT2D eigenvalue weighted by atomic mass is 79.9. The van der Waals surface area contributed by atoms with Crippen molar-refractivity contribution in [3.8, 4) is 0 Å². The standard InChI is InChI=1S/C17H24BrFN2/c1-13(15-5-4-14(19)10-16(15)18)21-9-3-7-17(12-21)6-2-8-20-11-17/h4-5,10,13,20H,2-3,6-9,11-12H2,1H3. The lowest BCUT2D eigenvalue weighted by Crippen LogP contribution is -2.51. The summed E-state index contributed by atoms with van der Waals surface area (Å²) in [6.07, 6.45) is 5.24. The smallest absolute Gasteiger partial charge is 0.124 e. The average Bonchev–Trinajstić information content (AvgIpc) is 2.47. The van der Waals surface area contributed by atoms with Gasteiger partial charge in [0.05, 0.1) is 0 Å². The van der Waals surface area contributed by atoms with E-state index in [-0.39, 0.29) is 5.82 Å². The van der Waals surface area contributed by atoms with Gasteiger partial charge in [-0.15, -0.1) is 0 Å². The van der Waals surface area contributed by atoms with E-state index in [0.29, 0.717) is 11.5 Å². The highest BCUT2D eigenvalue weighted by molar-refractivity contribution is 9.10. The molecule has 3 rings (SSSR count). The summed E-state index contributed by atoms with van der Waals surface area (Å²) in [5.41, 5.74) is 1.65. The number of likely N-dealkylation sites (tertiary alicyclic amines) is 1. The molecule has 1 spiro atoms. The normalized spacial score (nSPS) is 28.7. The highest BCUT2D eigenvalue weighted by Gasteiger charge is 2.38. The van der Waals surface area contributed by atoms with E-state index in [0.717, 1.165) is 24.1 Å². The lowest BCUT2D eigenvalue weighted by atomic mass is 9.74. The fourth-order valence-corrected chi connectivity index (χ4v) is 4.67. The van der Waals surface area contributed by atoms with E-state index in [4.69, 9.17) is 0 Å². The fourth-order valence-electron chi connectivity index (χ4n) is 3.99. The van der Waals surface area contributed by atoms with Crippen LogP contribution in [0.5, 0.6) is 0 Å². The quantitative estimate of drug-likeness (QED) is 0.859. The van der Waals surface area contributed by atoms with Gasteiger partial charge in [-0.25, -0.2) is 4.39 Å². The molecular weight excluding hydrogens is 331 g/mol. The molecule has 116 valence electrons. The Labute approximate surface area is 135 Å². The number of piperidine rings is 2. The molecule has 0 saturated carbocycles. The molecule has 1 aromatic rings.